The lowest BCUT2D eigenvalue weighted by molar-refractivity contribution is -0.123. The van der Waals surface area contributed by atoms with Crippen molar-refractivity contribution in [3.63, 3.8) is 0 Å². The third-order valence-corrected chi connectivity index (χ3v) is 8.54. The highest BCUT2D eigenvalue weighted by atomic mass is 32.2. The molecule has 3 rings (SSSR count). The first-order valence-electron chi connectivity index (χ1n) is 8.89. The summed E-state index contributed by atoms with van der Waals surface area (Å²) in [4.78, 5) is 12.6. The average molecular weight is 438 g/mol. The summed E-state index contributed by atoms with van der Waals surface area (Å²) in [6, 6.07) is 14.1. The molecular formula is C20H23NO4S3. The highest BCUT2D eigenvalue weighted by molar-refractivity contribution is 8.19. The predicted molar refractivity (Wildman–Crippen MR) is 116 cm³/mol. The molecule has 1 unspecified atom stereocenters. The minimum Gasteiger partial charge on any atom is -0.483 e. The zero-order chi connectivity index (χ0) is 20.1. The third-order valence-electron chi connectivity index (χ3n) is 4.34. The van der Waals surface area contributed by atoms with Crippen molar-refractivity contribution in [2.75, 3.05) is 24.4 Å². The van der Waals surface area contributed by atoms with Gasteiger partial charge in [-0.3, -0.25) is 4.79 Å². The van der Waals surface area contributed by atoms with Gasteiger partial charge in [-0.05, 0) is 30.7 Å². The Morgan fingerprint density at radius 2 is 1.79 bits per heavy atom. The van der Waals surface area contributed by atoms with Crippen LogP contribution in [0.1, 0.15) is 28.7 Å². The molecule has 8 heteroatoms. The van der Waals surface area contributed by atoms with Crippen molar-refractivity contribution < 1.29 is 17.9 Å². The van der Waals surface area contributed by atoms with Crippen LogP contribution in [-0.4, -0.2) is 38.7 Å². The van der Waals surface area contributed by atoms with E-state index in [2.05, 4.69) is 11.4 Å². The molecule has 0 aromatic heterocycles. The maximum absolute atomic E-state index is 12.3. The average Bonchev–Trinajstić information content (AvgIpc) is 3.20. The minimum atomic E-state index is -3.23. The smallest absolute Gasteiger partial charge is 0.258 e. The lowest BCUT2D eigenvalue weighted by Crippen LogP contribution is -2.31. The molecule has 0 bridgehead atoms. The van der Waals surface area contributed by atoms with Gasteiger partial charge in [-0.1, -0.05) is 30.3 Å². The maximum atomic E-state index is 12.3. The van der Waals surface area contributed by atoms with Gasteiger partial charge >= 0.3 is 0 Å². The molecule has 1 N–H and O–H groups in total. The molecule has 0 saturated carbocycles. The molecule has 1 heterocycles. The van der Waals surface area contributed by atoms with Gasteiger partial charge in [-0.25, -0.2) is 8.42 Å². The topological polar surface area (TPSA) is 72.5 Å². The van der Waals surface area contributed by atoms with Gasteiger partial charge in [0.15, 0.2) is 16.4 Å². The first-order valence-corrected chi connectivity index (χ1v) is 12.9. The molecule has 0 spiro atoms. The second kappa shape index (κ2) is 9.24. The summed E-state index contributed by atoms with van der Waals surface area (Å²) in [7, 11) is -3.23. The number of benzene rings is 2. The Morgan fingerprint density at radius 1 is 1.14 bits per heavy atom. The molecule has 0 aliphatic carbocycles. The fourth-order valence-electron chi connectivity index (χ4n) is 2.86. The fraction of sp³-hybridized carbons (Fsp3) is 0.350. The van der Waals surface area contributed by atoms with E-state index >= 15 is 0 Å². The summed E-state index contributed by atoms with van der Waals surface area (Å²) in [5.74, 6) is 2.77. The maximum Gasteiger partial charge on any atom is 0.258 e. The van der Waals surface area contributed by atoms with E-state index in [4.69, 9.17) is 4.74 Å². The van der Waals surface area contributed by atoms with Crippen LogP contribution in [0, 0.1) is 0 Å². The molecule has 150 valence electrons. The Bertz CT molecular complexity index is 923. The van der Waals surface area contributed by atoms with Crippen LogP contribution in [0.5, 0.6) is 5.75 Å². The summed E-state index contributed by atoms with van der Waals surface area (Å²) < 4.78 is 29.2. The summed E-state index contributed by atoms with van der Waals surface area (Å²) in [6.45, 7) is 1.79. The summed E-state index contributed by atoms with van der Waals surface area (Å²) >= 11 is 3.79. The predicted octanol–water partition coefficient (Wildman–Crippen LogP) is 3.82. The van der Waals surface area contributed by atoms with Crippen LogP contribution in [0.15, 0.2) is 53.4 Å². The van der Waals surface area contributed by atoms with E-state index in [1.807, 2.05) is 48.6 Å². The van der Waals surface area contributed by atoms with E-state index < -0.39 is 9.84 Å². The second-order valence-corrected chi connectivity index (χ2v) is 11.3. The highest BCUT2D eigenvalue weighted by Gasteiger charge is 2.22. The van der Waals surface area contributed by atoms with Crippen LogP contribution in [-0.2, 0) is 14.6 Å². The first kappa shape index (κ1) is 21.1. The lowest BCUT2D eigenvalue weighted by atomic mass is 10.1. The van der Waals surface area contributed by atoms with Crippen LogP contribution >= 0.6 is 23.5 Å². The van der Waals surface area contributed by atoms with Crippen LogP contribution in [0.25, 0.3) is 0 Å². The molecule has 1 aliphatic rings. The normalized spacial score (nSPS) is 15.9. The van der Waals surface area contributed by atoms with Gasteiger partial charge in [0, 0.05) is 23.3 Å². The lowest BCUT2D eigenvalue weighted by Gasteiger charge is -2.17. The molecule has 2 aromatic rings. The number of amides is 1. The SMILES string of the molecule is CC(NC(=O)COc1ccccc1C1SCCS1)c1ccc(S(C)(=O)=O)cc1. The van der Waals surface area contributed by atoms with Gasteiger partial charge in [0.25, 0.3) is 5.91 Å². The number of sulfone groups is 1. The Hall–Kier alpha value is -1.64. The van der Waals surface area contributed by atoms with E-state index in [0.717, 1.165) is 28.4 Å². The molecule has 1 aliphatic heterocycles. The third kappa shape index (κ3) is 5.46. The molecule has 28 heavy (non-hydrogen) atoms. The van der Waals surface area contributed by atoms with Crippen molar-refractivity contribution in [3.05, 3.63) is 59.7 Å². The zero-order valence-corrected chi connectivity index (χ0v) is 18.2. The van der Waals surface area contributed by atoms with Crippen LogP contribution in [0.3, 0.4) is 0 Å². The number of ether oxygens (including phenoxy) is 1. The number of nitrogens with one attached hydrogen (secondary N) is 1. The van der Waals surface area contributed by atoms with Crippen LogP contribution < -0.4 is 10.1 Å². The van der Waals surface area contributed by atoms with Crippen molar-refractivity contribution >= 4 is 39.3 Å². The molecular weight excluding hydrogens is 414 g/mol. The van der Waals surface area contributed by atoms with Gasteiger partial charge in [0.05, 0.1) is 15.5 Å². The number of hydrogen-bond acceptors (Lipinski definition) is 6. The van der Waals surface area contributed by atoms with Crippen LogP contribution in [0.4, 0.5) is 0 Å². The zero-order valence-electron chi connectivity index (χ0n) is 15.8. The van der Waals surface area contributed by atoms with Crippen molar-refractivity contribution in [1.82, 2.24) is 5.32 Å². The van der Waals surface area contributed by atoms with Crippen molar-refractivity contribution in [2.45, 2.75) is 22.4 Å². The molecule has 0 radical (unpaired) electrons. The quantitative estimate of drug-likeness (QED) is 0.710. The van der Waals surface area contributed by atoms with Crippen molar-refractivity contribution in [2.24, 2.45) is 0 Å². The number of thioether (sulfide) groups is 2. The number of carbonyl (C=O) groups is 1. The molecule has 1 amide bonds. The summed E-state index contributed by atoms with van der Waals surface area (Å²) in [6.07, 6.45) is 1.17. The Labute approximate surface area is 174 Å². The summed E-state index contributed by atoms with van der Waals surface area (Å²) in [5, 5.41) is 2.89. The van der Waals surface area contributed by atoms with E-state index in [-0.39, 0.29) is 23.5 Å². The van der Waals surface area contributed by atoms with E-state index in [1.165, 1.54) is 6.26 Å². The highest BCUT2D eigenvalue weighted by Crippen LogP contribution is 2.48. The largest absolute Gasteiger partial charge is 0.483 e. The Morgan fingerprint density at radius 3 is 2.43 bits per heavy atom. The van der Waals surface area contributed by atoms with Gasteiger partial charge in [0.2, 0.25) is 0 Å². The van der Waals surface area contributed by atoms with Gasteiger partial charge < -0.3 is 10.1 Å². The Kier molecular flexibility index (Phi) is 6.95. The molecule has 1 fully saturated rings. The fourth-order valence-corrected chi connectivity index (χ4v) is 6.40. The van der Waals surface area contributed by atoms with Gasteiger partial charge in [-0.15, -0.1) is 23.5 Å². The van der Waals surface area contributed by atoms with Crippen molar-refractivity contribution in [3.8, 4) is 5.75 Å². The van der Waals surface area contributed by atoms with Gasteiger partial charge in [-0.2, -0.15) is 0 Å². The number of rotatable bonds is 7. The van der Waals surface area contributed by atoms with Crippen LogP contribution in [0.2, 0.25) is 0 Å². The standard InChI is InChI=1S/C20H23NO4S3/c1-14(15-7-9-16(10-8-15)28(2,23)24)21-19(22)13-25-18-6-4-3-5-17(18)20-26-11-12-27-20/h3-10,14,20H,11-13H2,1-2H3,(H,21,22). The van der Waals surface area contributed by atoms with E-state index in [9.17, 15) is 13.2 Å². The summed E-state index contributed by atoms with van der Waals surface area (Å²) in [5.41, 5.74) is 1.95. The molecule has 1 atom stereocenters. The molecule has 2 aromatic carbocycles. The Balaban J connectivity index is 1.57. The van der Waals surface area contributed by atoms with E-state index in [1.54, 1.807) is 24.3 Å². The minimum absolute atomic E-state index is 0.0647. The molecule has 5 nitrogen and oxygen atoms in total. The number of hydrogen-bond donors (Lipinski definition) is 1. The first-order chi connectivity index (χ1) is 13.3. The monoisotopic (exact) mass is 437 g/mol. The number of para-hydroxylation sites is 1. The van der Waals surface area contributed by atoms with Crippen molar-refractivity contribution in [1.29, 1.82) is 0 Å². The molecule has 1 saturated heterocycles. The van der Waals surface area contributed by atoms with Gasteiger partial charge in [0.1, 0.15) is 5.75 Å². The second-order valence-electron chi connectivity index (χ2n) is 6.53. The van der Waals surface area contributed by atoms with E-state index in [0.29, 0.717) is 4.58 Å². The number of carbonyl (C=O) groups excluding carboxylic acids is 1.